The zero-order chi connectivity index (χ0) is 14.8. The number of fused-ring (bicyclic) bond motifs is 1. The number of piperidine rings is 1. The van der Waals surface area contributed by atoms with Crippen LogP contribution in [0.4, 0.5) is 0 Å². The molecule has 1 fully saturated rings. The molecule has 1 aliphatic rings. The molecule has 2 aromatic rings. The Labute approximate surface area is 153 Å². The molecule has 0 aliphatic carbocycles. The molecule has 2 atom stereocenters. The standard InChI is InChI=1S/C16H20ClN3O.2ClH/c1-11-8-12(17)9-14-16(11)19-10-20(14)7-3-4-13-15(21)5-2-6-18-13;;/h3-4,8-10,13,15,18,21H,2,5-7H2,1H3;2*1H/b4-3+;;/t13-,15+;;/m1../s1. The highest BCUT2D eigenvalue weighted by Crippen LogP contribution is 2.22. The van der Waals surface area contributed by atoms with Crippen molar-refractivity contribution in [1.82, 2.24) is 14.9 Å². The fourth-order valence-corrected chi connectivity index (χ4v) is 3.12. The van der Waals surface area contributed by atoms with Gasteiger partial charge >= 0.3 is 0 Å². The molecule has 7 heteroatoms. The number of nitrogens with one attached hydrogen (secondary N) is 1. The molecule has 0 radical (unpaired) electrons. The first kappa shape index (κ1) is 20.3. The van der Waals surface area contributed by atoms with Crippen molar-refractivity contribution in [2.75, 3.05) is 6.54 Å². The molecule has 1 aromatic heterocycles. The van der Waals surface area contributed by atoms with Crippen LogP contribution in [-0.2, 0) is 6.54 Å². The van der Waals surface area contributed by atoms with E-state index in [1.54, 1.807) is 0 Å². The first-order chi connectivity index (χ1) is 10.1. The molecule has 2 heterocycles. The van der Waals surface area contributed by atoms with E-state index >= 15 is 0 Å². The Morgan fingerprint density at radius 3 is 2.96 bits per heavy atom. The lowest BCUT2D eigenvalue weighted by Gasteiger charge is -2.26. The van der Waals surface area contributed by atoms with E-state index < -0.39 is 0 Å². The molecule has 3 rings (SSSR count). The number of benzene rings is 1. The van der Waals surface area contributed by atoms with E-state index in [0.29, 0.717) is 0 Å². The van der Waals surface area contributed by atoms with Crippen molar-refractivity contribution in [2.45, 2.75) is 38.5 Å². The number of hydrogen-bond acceptors (Lipinski definition) is 3. The van der Waals surface area contributed by atoms with Crippen LogP contribution < -0.4 is 5.32 Å². The Morgan fingerprint density at radius 2 is 2.22 bits per heavy atom. The summed E-state index contributed by atoms with van der Waals surface area (Å²) in [6, 6.07) is 3.93. The summed E-state index contributed by atoms with van der Waals surface area (Å²) in [6.07, 6.45) is 7.58. The van der Waals surface area contributed by atoms with Crippen molar-refractivity contribution in [3.8, 4) is 0 Å². The van der Waals surface area contributed by atoms with Gasteiger partial charge in [0.1, 0.15) is 0 Å². The fraction of sp³-hybridized carbons (Fsp3) is 0.438. The Hall–Kier alpha value is -0.780. The zero-order valence-corrected chi connectivity index (χ0v) is 15.3. The van der Waals surface area contributed by atoms with Crippen molar-refractivity contribution in [2.24, 2.45) is 0 Å². The third-order valence-corrected chi connectivity index (χ3v) is 4.22. The third-order valence-electron chi connectivity index (χ3n) is 4.00. The van der Waals surface area contributed by atoms with E-state index in [1.807, 2.05) is 31.5 Å². The van der Waals surface area contributed by atoms with Gasteiger partial charge in [0.15, 0.2) is 0 Å². The van der Waals surface area contributed by atoms with Crippen LogP contribution in [0.1, 0.15) is 18.4 Å². The fourth-order valence-electron chi connectivity index (χ4n) is 2.85. The first-order valence-electron chi connectivity index (χ1n) is 7.34. The Kier molecular flexibility index (Phi) is 7.84. The van der Waals surface area contributed by atoms with Crippen LogP contribution in [0, 0.1) is 6.92 Å². The van der Waals surface area contributed by atoms with Crippen molar-refractivity contribution >= 4 is 47.4 Å². The van der Waals surface area contributed by atoms with Gasteiger partial charge in [0.25, 0.3) is 0 Å². The minimum Gasteiger partial charge on any atom is -0.391 e. The second-order valence-corrected chi connectivity index (χ2v) is 6.04. The molecule has 0 bridgehead atoms. The maximum absolute atomic E-state index is 9.92. The highest BCUT2D eigenvalue weighted by Gasteiger charge is 2.19. The van der Waals surface area contributed by atoms with Crippen LogP contribution in [0.2, 0.25) is 5.02 Å². The van der Waals surface area contributed by atoms with Crippen molar-refractivity contribution in [3.63, 3.8) is 0 Å². The third kappa shape index (κ3) is 4.61. The van der Waals surface area contributed by atoms with Crippen LogP contribution in [-0.4, -0.2) is 33.3 Å². The molecule has 1 saturated heterocycles. The van der Waals surface area contributed by atoms with E-state index in [1.165, 1.54) is 0 Å². The maximum Gasteiger partial charge on any atom is 0.0961 e. The number of aliphatic hydroxyl groups is 1. The summed E-state index contributed by atoms with van der Waals surface area (Å²) in [5, 5.41) is 14.0. The normalized spacial score (nSPS) is 21.2. The molecule has 2 N–H and O–H groups in total. The molecule has 4 nitrogen and oxygen atoms in total. The topological polar surface area (TPSA) is 50.1 Å². The average molecular weight is 379 g/mol. The van der Waals surface area contributed by atoms with Gasteiger partial charge in [0.2, 0.25) is 0 Å². The second kappa shape index (κ2) is 8.90. The van der Waals surface area contributed by atoms with Crippen molar-refractivity contribution < 1.29 is 5.11 Å². The molecule has 0 saturated carbocycles. The van der Waals surface area contributed by atoms with Gasteiger partial charge < -0.3 is 15.0 Å². The molecule has 1 aliphatic heterocycles. The highest BCUT2D eigenvalue weighted by molar-refractivity contribution is 6.31. The van der Waals surface area contributed by atoms with Crippen LogP contribution in [0.5, 0.6) is 0 Å². The van der Waals surface area contributed by atoms with E-state index in [4.69, 9.17) is 11.6 Å². The lowest BCUT2D eigenvalue weighted by Crippen LogP contribution is -2.43. The summed E-state index contributed by atoms with van der Waals surface area (Å²) < 4.78 is 2.07. The number of halogens is 3. The number of allylic oxidation sites excluding steroid dienone is 1. The summed E-state index contributed by atoms with van der Waals surface area (Å²) in [6.45, 7) is 3.71. The number of aryl methyl sites for hydroxylation is 1. The Balaban J connectivity index is 0.00000132. The molecular formula is C16H22Cl3N3O. The summed E-state index contributed by atoms with van der Waals surface area (Å²) in [4.78, 5) is 4.45. The molecule has 23 heavy (non-hydrogen) atoms. The maximum atomic E-state index is 9.92. The number of rotatable bonds is 3. The van der Waals surface area contributed by atoms with Crippen molar-refractivity contribution in [1.29, 1.82) is 0 Å². The average Bonchev–Trinajstić information content (AvgIpc) is 2.84. The largest absolute Gasteiger partial charge is 0.391 e. The van der Waals surface area contributed by atoms with Gasteiger partial charge in [-0.25, -0.2) is 4.98 Å². The predicted molar refractivity (Wildman–Crippen MR) is 100 cm³/mol. The van der Waals surface area contributed by atoms with E-state index in [9.17, 15) is 5.11 Å². The Bertz CT molecular complexity index is 672. The van der Waals surface area contributed by atoms with Crippen LogP contribution in [0.25, 0.3) is 11.0 Å². The van der Waals surface area contributed by atoms with Gasteiger partial charge in [-0.2, -0.15) is 0 Å². The quantitative estimate of drug-likeness (QED) is 0.804. The second-order valence-electron chi connectivity index (χ2n) is 5.60. The molecule has 0 spiro atoms. The van der Waals surface area contributed by atoms with Gasteiger partial charge in [-0.3, -0.25) is 0 Å². The number of aliphatic hydroxyl groups excluding tert-OH is 1. The van der Waals surface area contributed by atoms with E-state index in [2.05, 4.69) is 20.9 Å². The van der Waals surface area contributed by atoms with Crippen LogP contribution in [0.3, 0.4) is 0 Å². The van der Waals surface area contributed by atoms with Gasteiger partial charge in [0, 0.05) is 11.6 Å². The van der Waals surface area contributed by atoms with Gasteiger partial charge in [-0.05, 0) is 44.0 Å². The van der Waals surface area contributed by atoms with E-state index in [0.717, 1.165) is 47.6 Å². The van der Waals surface area contributed by atoms with Crippen LogP contribution in [0.15, 0.2) is 30.6 Å². The highest BCUT2D eigenvalue weighted by atomic mass is 35.5. The number of hydrogen-bond donors (Lipinski definition) is 2. The van der Waals surface area contributed by atoms with E-state index in [-0.39, 0.29) is 37.0 Å². The lowest BCUT2D eigenvalue weighted by atomic mass is 10.0. The van der Waals surface area contributed by atoms with Gasteiger partial charge in [-0.1, -0.05) is 23.8 Å². The number of aromatic nitrogens is 2. The first-order valence-corrected chi connectivity index (χ1v) is 7.72. The predicted octanol–water partition coefficient (Wildman–Crippen LogP) is 3.51. The summed E-state index contributed by atoms with van der Waals surface area (Å²) >= 11 is 6.13. The molecule has 1 aromatic carbocycles. The molecule has 128 valence electrons. The van der Waals surface area contributed by atoms with Crippen molar-refractivity contribution in [3.05, 3.63) is 41.2 Å². The zero-order valence-electron chi connectivity index (χ0n) is 12.9. The monoisotopic (exact) mass is 377 g/mol. The lowest BCUT2D eigenvalue weighted by molar-refractivity contribution is 0.115. The van der Waals surface area contributed by atoms with Gasteiger partial charge in [0.05, 0.1) is 29.5 Å². The minimum atomic E-state index is -0.286. The molecule has 0 amide bonds. The summed E-state index contributed by atoms with van der Waals surface area (Å²) in [5.41, 5.74) is 3.12. The molecule has 0 unspecified atom stereocenters. The Morgan fingerprint density at radius 1 is 1.43 bits per heavy atom. The minimum absolute atomic E-state index is 0. The van der Waals surface area contributed by atoms with Gasteiger partial charge in [-0.15, -0.1) is 24.8 Å². The number of imidazole rings is 1. The summed E-state index contributed by atoms with van der Waals surface area (Å²) in [7, 11) is 0. The SMILES string of the molecule is Cc1cc(Cl)cc2c1ncn2C/C=C/[C@H]1NCCC[C@@H]1O.Cl.Cl. The smallest absolute Gasteiger partial charge is 0.0961 e. The number of nitrogens with zero attached hydrogens (tertiary/aromatic N) is 2. The molecular weight excluding hydrogens is 357 g/mol. The van der Waals surface area contributed by atoms with Crippen LogP contribution >= 0.6 is 36.4 Å². The summed E-state index contributed by atoms with van der Waals surface area (Å²) in [5.74, 6) is 0.